The molecule has 16 heavy (non-hydrogen) atoms. The molecule has 1 saturated heterocycles. The monoisotopic (exact) mass is 227 g/mol. The second kappa shape index (κ2) is 6.86. The Morgan fingerprint density at radius 2 is 2.31 bits per heavy atom. The summed E-state index contributed by atoms with van der Waals surface area (Å²) in [6.45, 7) is 7.31. The number of amides is 1. The first-order valence-electron chi connectivity index (χ1n) is 6.34. The molecule has 0 aromatic heterocycles. The minimum absolute atomic E-state index is 0.140. The summed E-state index contributed by atoms with van der Waals surface area (Å²) in [7, 11) is 0. The van der Waals surface area contributed by atoms with Crippen LogP contribution in [0.4, 0.5) is 0 Å². The smallest absolute Gasteiger partial charge is 0.234 e. The molecule has 1 atom stereocenters. The number of nitrogens with one attached hydrogen (secondary N) is 1. The van der Waals surface area contributed by atoms with Crippen molar-refractivity contribution in [3.63, 3.8) is 0 Å². The van der Waals surface area contributed by atoms with Gasteiger partial charge in [-0.3, -0.25) is 9.69 Å². The van der Waals surface area contributed by atoms with Gasteiger partial charge in [-0.05, 0) is 31.7 Å². The van der Waals surface area contributed by atoms with Gasteiger partial charge in [-0.2, -0.15) is 0 Å². The van der Waals surface area contributed by atoms with Crippen molar-refractivity contribution in [1.82, 2.24) is 10.2 Å². The molecule has 1 fully saturated rings. The maximum absolute atomic E-state index is 11.6. The first-order chi connectivity index (χ1) is 7.63. The van der Waals surface area contributed by atoms with Crippen LogP contribution >= 0.6 is 0 Å². The summed E-state index contributed by atoms with van der Waals surface area (Å²) in [5.74, 6) is 0.782. The third-order valence-electron chi connectivity index (χ3n) is 3.16. The summed E-state index contributed by atoms with van der Waals surface area (Å²) in [4.78, 5) is 13.8. The van der Waals surface area contributed by atoms with Gasteiger partial charge in [-0.25, -0.2) is 0 Å². The average molecular weight is 227 g/mol. The highest BCUT2D eigenvalue weighted by atomic mass is 16.2. The Morgan fingerprint density at radius 1 is 1.56 bits per heavy atom. The van der Waals surface area contributed by atoms with Crippen molar-refractivity contribution in [2.75, 3.05) is 26.2 Å². The van der Waals surface area contributed by atoms with E-state index >= 15 is 0 Å². The number of carbonyl (C=O) groups excluding carboxylic acids is 1. The topological polar surface area (TPSA) is 58.4 Å². The van der Waals surface area contributed by atoms with E-state index in [2.05, 4.69) is 24.1 Å². The van der Waals surface area contributed by atoms with Crippen LogP contribution in [0.15, 0.2) is 0 Å². The summed E-state index contributed by atoms with van der Waals surface area (Å²) < 4.78 is 0. The second-order valence-electron chi connectivity index (χ2n) is 5.03. The van der Waals surface area contributed by atoms with Crippen molar-refractivity contribution in [1.29, 1.82) is 0 Å². The zero-order valence-corrected chi connectivity index (χ0v) is 10.5. The largest absolute Gasteiger partial charge is 0.355 e. The number of hydrogen-bond acceptors (Lipinski definition) is 3. The van der Waals surface area contributed by atoms with E-state index in [-0.39, 0.29) is 5.91 Å². The van der Waals surface area contributed by atoms with E-state index in [1.54, 1.807) is 0 Å². The molecule has 0 aromatic carbocycles. The molecular weight excluding hydrogens is 202 g/mol. The number of rotatable bonds is 6. The van der Waals surface area contributed by atoms with Gasteiger partial charge in [-0.15, -0.1) is 0 Å². The lowest BCUT2D eigenvalue weighted by atomic mass is 10.1. The first-order valence-corrected chi connectivity index (χ1v) is 6.34. The van der Waals surface area contributed by atoms with Crippen LogP contribution in [0.1, 0.15) is 33.1 Å². The fourth-order valence-electron chi connectivity index (χ4n) is 2.11. The number of nitrogens with two attached hydrogens (primary N) is 1. The van der Waals surface area contributed by atoms with Crippen LogP contribution in [0.25, 0.3) is 0 Å². The summed E-state index contributed by atoms with van der Waals surface area (Å²) in [6, 6.07) is 0.413. The standard InChI is InChI=1S/C12H25N3O/c1-10(2)5-6-14-12(16)9-15-7-3-4-11(15)8-13/h10-11H,3-9,13H2,1-2H3,(H,14,16). The van der Waals surface area contributed by atoms with Gasteiger partial charge < -0.3 is 11.1 Å². The molecule has 0 aromatic rings. The number of hydrogen-bond donors (Lipinski definition) is 2. The first kappa shape index (κ1) is 13.5. The maximum atomic E-state index is 11.6. The Hall–Kier alpha value is -0.610. The van der Waals surface area contributed by atoms with E-state index in [1.807, 2.05) is 0 Å². The van der Waals surface area contributed by atoms with Gasteiger partial charge in [0.05, 0.1) is 6.54 Å². The third-order valence-corrected chi connectivity index (χ3v) is 3.16. The average Bonchev–Trinajstić information content (AvgIpc) is 2.64. The molecule has 1 amide bonds. The van der Waals surface area contributed by atoms with Gasteiger partial charge in [0, 0.05) is 19.1 Å². The molecule has 0 aliphatic carbocycles. The van der Waals surface area contributed by atoms with Gasteiger partial charge in [-0.1, -0.05) is 13.8 Å². The highest BCUT2D eigenvalue weighted by Gasteiger charge is 2.24. The summed E-state index contributed by atoms with van der Waals surface area (Å²) in [6.07, 6.45) is 3.35. The van der Waals surface area contributed by atoms with Gasteiger partial charge >= 0.3 is 0 Å². The Labute approximate surface area is 98.6 Å². The van der Waals surface area contributed by atoms with Gasteiger partial charge in [0.2, 0.25) is 5.91 Å². The van der Waals surface area contributed by atoms with Crippen molar-refractivity contribution in [2.45, 2.75) is 39.2 Å². The van der Waals surface area contributed by atoms with Gasteiger partial charge in [0.1, 0.15) is 0 Å². The zero-order chi connectivity index (χ0) is 12.0. The Kier molecular flexibility index (Phi) is 5.77. The summed E-state index contributed by atoms with van der Waals surface area (Å²) >= 11 is 0. The van der Waals surface area contributed by atoms with Crippen LogP contribution in [0.2, 0.25) is 0 Å². The van der Waals surface area contributed by atoms with E-state index < -0.39 is 0 Å². The SMILES string of the molecule is CC(C)CCNC(=O)CN1CCCC1CN. The maximum Gasteiger partial charge on any atom is 0.234 e. The fourth-order valence-corrected chi connectivity index (χ4v) is 2.11. The minimum Gasteiger partial charge on any atom is -0.355 e. The van der Waals surface area contributed by atoms with Crippen molar-refractivity contribution >= 4 is 5.91 Å². The second-order valence-corrected chi connectivity index (χ2v) is 5.03. The van der Waals surface area contributed by atoms with Crippen molar-refractivity contribution < 1.29 is 4.79 Å². The lowest BCUT2D eigenvalue weighted by Gasteiger charge is -2.22. The molecule has 1 aliphatic rings. The Bertz CT molecular complexity index is 218. The summed E-state index contributed by atoms with van der Waals surface area (Å²) in [5, 5.41) is 2.96. The normalized spacial score (nSPS) is 21.6. The van der Waals surface area contributed by atoms with E-state index in [0.717, 1.165) is 25.9 Å². The van der Waals surface area contributed by atoms with Crippen molar-refractivity contribution in [2.24, 2.45) is 11.7 Å². The number of likely N-dealkylation sites (tertiary alicyclic amines) is 1. The van der Waals surface area contributed by atoms with Crippen LogP contribution in [-0.2, 0) is 4.79 Å². The predicted molar refractivity (Wildman–Crippen MR) is 66.1 cm³/mol. The molecule has 0 bridgehead atoms. The molecule has 3 N–H and O–H groups in total. The fraction of sp³-hybridized carbons (Fsp3) is 0.917. The van der Waals surface area contributed by atoms with Crippen LogP contribution in [0.5, 0.6) is 0 Å². The molecule has 1 unspecified atom stereocenters. The van der Waals surface area contributed by atoms with Crippen LogP contribution in [-0.4, -0.2) is 43.0 Å². The van der Waals surface area contributed by atoms with Gasteiger partial charge in [0.25, 0.3) is 0 Å². The van der Waals surface area contributed by atoms with Crippen molar-refractivity contribution in [3.05, 3.63) is 0 Å². The third kappa shape index (κ3) is 4.49. The van der Waals surface area contributed by atoms with E-state index in [4.69, 9.17) is 5.73 Å². The van der Waals surface area contributed by atoms with Crippen LogP contribution < -0.4 is 11.1 Å². The van der Waals surface area contributed by atoms with E-state index in [0.29, 0.717) is 25.0 Å². The molecule has 1 heterocycles. The molecule has 1 rings (SSSR count). The Morgan fingerprint density at radius 3 is 2.94 bits per heavy atom. The Balaban J connectivity index is 2.18. The van der Waals surface area contributed by atoms with E-state index in [1.165, 1.54) is 6.42 Å². The van der Waals surface area contributed by atoms with E-state index in [9.17, 15) is 4.79 Å². The lowest BCUT2D eigenvalue weighted by Crippen LogP contribution is -2.42. The lowest BCUT2D eigenvalue weighted by molar-refractivity contribution is -0.122. The number of carbonyl (C=O) groups is 1. The van der Waals surface area contributed by atoms with Gasteiger partial charge in [0.15, 0.2) is 0 Å². The quantitative estimate of drug-likeness (QED) is 0.697. The van der Waals surface area contributed by atoms with Crippen LogP contribution in [0, 0.1) is 5.92 Å². The predicted octanol–water partition coefficient (Wildman–Crippen LogP) is 0.572. The molecule has 94 valence electrons. The highest BCUT2D eigenvalue weighted by Crippen LogP contribution is 2.15. The number of nitrogens with zero attached hydrogens (tertiary/aromatic N) is 1. The molecule has 0 spiro atoms. The minimum atomic E-state index is 0.140. The molecule has 1 aliphatic heterocycles. The molecule has 0 saturated carbocycles. The van der Waals surface area contributed by atoms with Crippen LogP contribution in [0.3, 0.4) is 0 Å². The molecule has 4 nitrogen and oxygen atoms in total. The zero-order valence-electron chi connectivity index (χ0n) is 10.5. The molecular formula is C12H25N3O. The summed E-state index contributed by atoms with van der Waals surface area (Å²) in [5.41, 5.74) is 5.67. The highest BCUT2D eigenvalue weighted by molar-refractivity contribution is 5.78. The van der Waals surface area contributed by atoms with Crippen molar-refractivity contribution in [3.8, 4) is 0 Å². The molecule has 4 heteroatoms. The molecule has 0 radical (unpaired) electrons.